The molecule has 158 valence electrons. The van der Waals surface area contributed by atoms with Gasteiger partial charge in [-0.05, 0) is 47.5 Å². The second kappa shape index (κ2) is 8.51. The first-order valence-corrected chi connectivity index (χ1v) is 10.6. The lowest BCUT2D eigenvalue weighted by Gasteiger charge is -2.13. The molecular weight excluding hydrogens is 541 g/mol. The maximum atomic E-state index is 13.7. The van der Waals surface area contributed by atoms with Crippen LogP contribution in [-0.4, -0.2) is 0 Å². The van der Waals surface area contributed by atoms with E-state index in [1.807, 2.05) is 24.3 Å². The average molecular weight is 554 g/mol. The zero-order chi connectivity index (χ0) is 22.2. The van der Waals surface area contributed by atoms with E-state index in [-0.39, 0.29) is 23.1 Å². The van der Waals surface area contributed by atoms with Gasteiger partial charge in [-0.25, -0.2) is 0 Å². The molecule has 8 heteroatoms. The van der Waals surface area contributed by atoms with E-state index in [2.05, 4.69) is 31.9 Å². The average Bonchev–Trinajstić information content (AvgIpc) is 2.73. The van der Waals surface area contributed by atoms with E-state index in [0.29, 0.717) is 10.2 Å². The lowest BCUT2D eigenvalue weighted by Crippen LogP contribution is -2.16. The molecule has 0 fully saturated rings. The van der Waals surface area contributed by atoms with Crippen molar-refractivity contribution < 1.29 is 22.3 Å². The normalized spacial score (nSPS) is 11.6. The predicted molar refractivity (Wildman–Crippen MR) is 119 cm³/mol. The summed E-state index contributed by atoms with van der Waals surface area (Å²) in [5.74, 6) is -1.04. The van der Waals surface area contributed by atoms with Gasteiger partial charge in [0.2, 0.25) is 11.2 Å². The number of rotatable bonds is 4. The molecule has 0 N–H and O–H groups in total. The van der Waals surface area contributed by atoms with Gasteiger partial charge in [0.1, 0.15) is 17.9 Å². The second-order valence-corrected chi connectivity index (χ2v) is 8.54. The van der Waals surface area contributed by atoms with Crippen LogP contribution < -0.4 is 10.2 Å². The zero-order valence-electron chi connectivity index (χ0n) is 15.7. The first-order valence-electron chi connectivity index (χ1n) is 9.03. The van der Waals surface area contributed by atoms with E-state index in [9.17, 15) is 18.0 Å². The van der Waals surface area contributed by atoms with Crippen LogP contribution in [-0.2, 0) is 12.8 Å². The smallest absolute Gasteiger partial charge is 0.450 e. The highest BCUT2D eigenvalue weighted by Crippen LogP contribution is 2.38. The quantitative estimate of drug-likeness (QED) is 0.261. The van der Waals surface area contributed by atoms with Gasteiger partial charge in [0, 0.05) is 15.0 Å². The molecule has 31 heavy (non-hydrogen) atoms. The highest BCUT2D eigenvalue weighted by Gasteiger charge is 2.39. The summed E-state index contributed by atoms with van der Waals surface area (Å²) >= 11 is 6.58. The number of benzene rings is 3. The van der Waals surface area contributed by atoms with Gasteiger partial charge in [-0.3, -0.25) is 4.79 Å². The van der Waals surface area contributed by atoms with Gasteiger partial charge in [-0.15, -0.1) is 0 Å². The van der Waals surface area contributed by atoms with Crippen molar-refractivity contribution in [2.45, 2.75) is 12.8 Å². The predicted octanol–water partition coefficient (Wildman–Crippen LogP) is 7.58. The van der Waals surface area contributed by atoms with Gasteiger partial charge in [0.15, 0.2) is 0 Å². The fourth-order valence-electron chi connectivity index (χ4n) is 3.09. The van der Waals surface area contributed by atoms with Gasteiger partial charge in [-0.1, -0.05) is 56.1 Å². The van der Waals surface area contributed by atoms with Gasteiger partial charge in [0.25, 0.3) is 0 Å². The Morgan fingerprint density at radius 1 is 0.871 bits per heavy atom. The minimum absolute atomic E-state index is 0.0434. The molecule has 1 aromatic heterocycles. The fourth-order valence-corrected chi connectivity index (χ4v) is 3.62. The number of hydrogen-bond donors (Lipinski definition) is 0. The number of ether oxygens (including phenoxy) is 1. The van der Waals surface area contributed by atoms with Crippen LogP contribution in [0.4, 0.5) is 13.2 Å². The first-order chi connectivity index (χ1) is 14.7. The Morgan fingerprint density at radius 2 is 1.48 bits per heavy atom. The zero-order valence-corrected chi connectivity index (χ0v) is 18.8. The van der Waals surface area contributed by atoms with E-state index in [4.69, 9.17) is 9.15 Å². The van der Waals surface area contributed by atoms with E-state index < -0.39 is 22.9 Å². The van der Waals surface area contributed by atoms with E-state index >= 15 is 0 Å². The SMILES string of the molecule is O=c1c(-c2ccc(Br)cc2)c(C(F)(F)F)oc2cc(OCc3ccc(Br)cc3)ccc12. The van der Waals surface area contributed by atoms with Crippen LogP contribution in [0, 0.1) is 0 Å². The summed E-state index contributed by atoms with van der Waals surface area (Å²) in [6.45, 7) is 0.214. The van der Waals surface area contributed by atoms with Crippen molar-refractivity contribution in [1.29, 1.82) is 0 Å². The van der Waals surface area contributed by atoms with Gasteiger partial charge < -0.3 is 9.15 Å². The Hall–Kier alpha value is -2.58. The summed E-state index contributed by atoms with van der Waals surface area (Å²) in [6, 6.07) is 17.7. The van der Waals surface area contributed by atoms with Crippen molar-refractivity contribution in [1.82, 2.24) is 0 Å². The molecule has 0 radical (unpaired) electrons. The third kappa shape index (κ3) is 4.70. The van der Waals surface area contributed by atoms with Gasteiger partial charge >= 0.3 is 6.18 Å². The Bertz CT molecular complexity index is 1300. The number of hydrogen-bond acceptors (Lipinski definition) is 3. The van der Waals surface area contributed by atoms with Crippen molar-refractivity contribution in [3.63, 3.8) is 0 Å². The Labute approximate surface area is 191 Å². The standard InChI is InChI=1S/C23H13Br2F3O3/c24-15-5-1-13(2-6-15)12-30-17-9-10-18-19(11-17)31-22(23(26,27)28)20(21(18)29)14-3-7-16(25)8-4-14/h1-11H,12H2. The van der Waals surface area contributed by atoms with Crippen molar-refractivity contribution >= 4 is 42.8 Å². The fraction of sp³-hybridized carbons (Fsp3) is 0.0870. The molecule has 0 bridgehead atoms. The lowest BCUT2D eigenvalue weighted by molar-refractivity contribution is -0.152. The summed E-state index contributed by atoms with van der Waals surface area (Å²) < 4.78 is 53.7. The molecule has 0 saturated heterocycles. The molecular formula is C23H13Br2F3O3. The molecule has 4 rings (SSSR count). The van der Waals surface area contributed by atoms with Crippen molar-refractivity contribution in [2.24, 2.45) is 0 Å². The Kier molecular flexibility index (Phi) is 5.94. The molecule has 0 aliphatic carbocycles. The number of alkyl halides is 3. The minimum Gasteiger partial charge on any atom is -0.489 e. The van der Waals surface area contributed by atoms with Crippen LogP contribution in [0.5, 0.6) is 5.75 Å². The molecule has 4 aromatic rings. The van der Waals surface area contributed by atoms with Crippen LogP contribution in [0.2, 0.25) is 0 Å². The van der Waals surface area contributed by atoms with E-state index in [1.165, 1.54) is 30.3 Å². The maximum absolute atomic E-state index is 13.7. The number of fused-ring (bicyclic) bond motifs is 1. The summed E-state index contributed by atoms with van der Waals surface area (Å²) in [6.07, 6.45) is -4.84. The summed E-state index contributed by atoms with van der Waals surface area (Å²) in [5, 5.41) is 0.0434. The van der Waals surface area contributed by atoms with Crippen LogP contribution >= 0.6 is 31.9 Å². The van der Waals surface area contributed by atoms with Crippen molar-refractivity contribution in [3.8, 4) is 16.9 Å². The molecule has 1 heterocycles. The van der Waals surface area contributed by atoms with Gasteiger partial charge in [0.05, 0.1) is 10.9 Å². The van der Waals surface area contributed by atoms with Crippen LogP contribution in [0.3, 0.4) is 0 Å². The van der Waals surface area contributed by atoms with Crippen molar-refractivity contribution in [2.75, 3.05) is 0 Å². The van der Waals surface area contributed by atoms with E-state index in [0.717, 1.165) is 10.0 Å². The lowest BCUT2D eigenvalue weighted by atomic mass is 10.0. The molecule has 0 atom stereocenters. The summed E-state index contributed by atoms with van der Waals surface area (Å²) in [4.78, 5) is 13.0. The third-order valence-corrected chi connectivity index (χ3v) is 5.63. The van der Waals surface area contributed by atoms with Crippen molar-refractivity contribution in [3.05, 3.63) is 97.2 Å². The van der Waals surface area contributed by atoms with Crippen LogP contribution in [0.25, 0.3) is 22.1 Å². The molecule has 0 aliphatic heterocycles. The van der Waals surface area contributed by atoms with Crippen LogP contribution in [0.15, 0.2) is 84.9 Å². The first kappa shape index (κ1) is 21.6. The Balaban J connectivity index is 1.77. The monoisotopic (exact) mass is 552 g/mol. The summed E-state index contributed by atoms with van der Waals surface area (Å²) in [7, 11) is 0. The largest absolute Gasteiger partial charge is 0.489 e. The Morgan fingerprint density at radius 3 is 2.10 bits per heavy atom. The highest BCUT2D eigenvalue weighted by atomic mass is 79.9. The molecule has 0 spiro atoms. The van der Waals surface area contributed by atoms with E-state index in [1.54, 1.807) is 12.1 Å². The molecule has 0 saturated carbocycles. The summed E-state index contributed by atoms with van der Waals surface area (Å²) in [5.41, 5.74) is -0.453. The van der Waals surface area contributed by atoms with Crippen LogP contribution in [0.1, 0.15) is 11.3 Å². The van der Waals surface area contributed by atoms with Gasteiger partial charge in [-0.2, -0.15) is 13.2 Å². The second-order valence-electron chi connectivity index (χ2n) is 6.71. The molecule has 0 amide bonds. The minimum atomic E-state index is -4.84. The maximum Gasteiger partial charge on any atom is 0.450 e. The molecule has 0 unspecified atom stereocenters. The number of halogens is 5. The highest BCUT2D eigenvalue weighted by molar-refractivity contribution is 9.10. The molecule has 0 aliphatic rings. The third-order valence-electron chi connectivity index (χ3n) is 4.57. The molecule has 3 nitrogen and oxygen atoms in total. The topological polar surface area (TPSA) is 39.4 Å². The molecule has 3 aromatic carbocycles.